The number of benzene rings is 7. The fraction of sp³-hybridized carbons (Fsp3) is 0.172. The van der Waals surface area contributed by atoms with E-state index in [-0.39, 0.29) is 5.41 Å². The van der Waals surface area contributed by atoms with Gasteiger partial charge in [0.2, 0.25) is 0 Å². The molecule has 0 fully saturated rings. The first kappa shape index (κ1) is 40.0. The Balaban J connectivity index is 0.000000155. The zero-order valence-corrected chi connectivity index (χ0v) is 35.3. The third kappa shape index (κ3) is 7.48. The Hall–Kier alpha value is -6.24. The molecular formula is C58H56. The summed E-state index contributed by atoms with van der Waals surface area (Å²) in [5.41, 5.74) is 21.9. The summed E-state index contributed by atoms with van der Waals surface area (Å²) in [6.07, 6.45) is 5.94. The molecule has 288 valence electrons. The van der Waals surface area contributed by atoms with Crippen molar-refractivity contribution in [1.29, 1.82) is 0 Å². The number of fused-ring (bicyclic) bond motifs is 6. The average molecular weight is 753 g/mol. The highest BCUT2D eigenvalue weighted by molar-refractivity contribution is 6.10. The van der Waals surface area contributed by atoms with E-state index in [1.807, 2.05) is 32.0 Å². The first-order valence-corrected chi connectivity index (χ1v) is 21.0. The van der Waals surface area contributed by atoms with Crippen LogP contribution in [0.25, 0.3) is 39.0 Å². The maximum absolute atomic E-state index is 2.43. The molecule has 0 saturated carbocycles. The van der Waals surface area contributed by atoms with Gasteiger partial charge >= 0.3 is 0 Å². The van der Waals surface area contributed by atoms with Crippen LogP contribution in [-0.2, 0) is 5.41 Å². The molecule has 3 aliphatic rings. The van der Waals surface area contributed by atoms with Gasteiger partial charge < -0.3 is 0 Å². The lowest BCUT2D eigenvalue weighted by Crippen LogP contribution is -2.28. The fourth-order valence-corrected chi connectivity index (χ4v) is 9.21. The summed E-state index contributed by atoms with van der Waals surface area (Å²) in [5.74, 6) is 0.539. The Labute approximate surface area is 348 Å². The highest BCUT2D eigenvalue weighted by Crippen LogP contribution is 2.65. The molecule has 10 rings (SSSR count). The Morgan fingerprint density at radius 2 is 0.948 bits per heavy atom. The molecule has 0 amide bonds. The second kappa shape index (κ2) is 17.9. The van der Waals surface area contributed by atoms with Gasteiger partial charge in [-0.2, -0.15) is 0 Å². The Morgan fingerprint density at radius 1 is 0.448 bits per heavy atom. The van der Waals surface area contributed by atoms with Crippen LogP contribution in [0.5, 0.6) is 0 Å². The van der Waals surface area contributed by atoms with Crippen molar-refractivity contribution < 1.29 is 0 Å². The third-order valence-electron chi connectivity index (χ3n) is 11.8. The molecule has 3 aliphatic carbocycles. The van der Waals surface area contributed by atoms with E-state index in [1.54, 1.807) is 5.57 Å². The molecule has 7 aromatic rings. The highest BCUT2D eigenvalue weighted by atomic mass is 14.5. The van der Waals surface area contributed by atoms with Crippen molar-refractivity contribution in [3.8, 4) is 22.3 Å². The van der Waals surface area contributed by atoms with Gasteiger partial charge in [-0.1, -0.05) is 226 Å². The van der Waals surface area contributed by atoms with E-state index in [4.69, 9.17) is 0 Å². The summed E-state index contributed by atoms with van der Waals surface area (Å²) >= 11 is 0. The molecule has 0 N–H and O–H groups in total. The van der Waals surface area contributed by atoms with Gasteiger partial charge in [0.05, 0.1) is 5.41 Å². The first-order valence-electron chi connectivity index (χ1n) is 21.0. The predicted octanol–water partition coefficient (Wildman–Crippen LogP) is 15.9. The number of hydrogen-bond donors (Lipinski definition) is 0. The van der Waals surface area contributed by atoms with Crippen molar-refractivity contribution in [2.75, 3.05) is 0 Å². The van der Waals surface area contributed by atoms with E-state index >= 15 is 0 Å². The van der Waals surface area contributed by atoms with Crippen LogP contribution in [-0.4, -0.2) is 0 Å². The lowest BCUT2D eigenvalue weighted by Gasteiger charge is -2.35. The molecule has 0 heterocycles. The van der Waals surface area contributed by atoms with Gasteiger partial charge in [0.25, 0.3) is 0 Å². The smallest absolute Gasteiger partial charge is 0.0724 e. The lowest BCUT2D eigenvalue weighted by atomic mass is 9.66. The maximum Gasteiger partial charge on any atom is 0.0724 e. The van der Waals surface area contributed by atoms with Crippen molar-refractivity contribution in [3.05, 3.63) is 244 Å². The van der Waals surface area contributed by atoms with E-state index in [0.29, 0.717) is 5.92 Å². The van der Waals surface area contributed by atoms with Gasteiger partial charge in [-0.25, -0.2) is 0 Å². The van der Waals surface area contributed by atoms with Crippen LogP contribution in [0, 0.1) is 26.7 Å². The minimum atomic E-state index is -0.218. The SMILES string of the molecule is CC.CC1=C(c2ccccc2C)C2(C3=C(c4ccccc42)C(C)CC=C3)c2ccccc21.Cc1ccc(-c2ccccc2)c(-c2ccccc2)c1.Cc1ccccc1. The van der Waals surface area contributed by atoms with Crippen molar-refractivity contribution >= 4 is 16.7 Å². The minimum absolute atomic E-state index is 0.218. The van der Waals surface area contributed by atoms with Crippen molar-refractivity contribution in [3.63, 3.8) is 0 Å². The van der Waals surface area contributed by atoms with Gasteiger partial charge in [0.1, 0.15) is 0 Å². The van der Waals surface area contributed by atoms with E-state index in [2.05, 4.69) is 211 Å². The summed E-state index contributed by atoms with van der Waals surface area (Å²) in [5, 5.41) is 0. The molecule has 58 heavy (non-hydrogen) atoms. The van der Waals surface area contributed by atoms with Gasteiger partial charge in [-0.05, 0) is 118 Å². The summed E-state index contributed by atoms with van der Waals surface area (Å²) in [4.78, 5) is 0. The molecule has 0 heteroatoms. The van der Waals surface area contributed by atoms with Crippen LogP contribution < -0.4 is 0 Å². The van der Waals surface area contributed by atoms with Crippen molar-refractivity contribution in [2.45, 2.75) is 60.3 Å². The summed E-state index contributed by atoms with van der Waals surface area (Å²) < 4.78 is 0. The van der Waals surface area contributed by atoms with Gasteiger partial charge in [-0.15, -0.1) is 0 Å². The topological polar surface area (TPSA) is 0 Å². The highest BCUT2D eigenvalue weighted by Gasteiger charge is 2.54. The van der Waals surface area contributed by atoms with Crippen LogP contribution in [0.1, 0.15) is 78.6 Å². The van der Waals surface area contributed by atoms with E-state index in [1.165, 1.54) is 83.5 Å². The summed E-state index contributed by atoms with van der Waals surface area (Å²) in [6, 6.07) is 65.2. The summed E-state index contributed by atoms with van der Waals surface area (Å²) in [6.45, 7) is 15.2. The maximum atomic E-state index is 2.43. The zero-order chi connectivity index (χ0) is 40.6. The standard InChI is InChI=1S/C30H26.C19H16.C7H8.C2H6/c1-19-11-4-5-13-22(19)29-21(3)23-14-6-8-16-25(23)30(29)26-17-9-7-15-24(26)28-20(2)12-10-18-27(28)30;1-15-12-13-18(16-8-4-2-5-9-16)19(14-15)17-10-6-3-7-11-17;1-7-5-3-2-4-6-7;1-2/h4-11,13-18,20H,12H2,1-3H3;2-14H,1H3;2-6H,1H3;1-2H3. The van der Waals surface area contributed by atoms with Crippen LogP contribution in [0.15, 0.2) is 200 Å². The first-order chi connectivity index (χ1) is 28.4. The average Bonchev–Trinajstić information content (AvgIpc) is 3.72. The largest absolute Gasteiger partial charge is 0.0836 e. The molecule has 7 aromatic carbocycles. The van der Waals surface area contributed by atoms with E-state index < -0.39 is 0 Å². The molecule has 2 unspecified atom stereocenters. The number of aryl methyl sites for hydroxylation is 3. The number of allylic oxidation sites excluding steroid dienone is 6. The zero-order valence-electron chi connectivity index (χ0n) is 35.3. The minimum Gasteiger partial charge on any atom is -0.0836 e. The number of rotatable bonds is 3. The molecule has 0 saturated heterocycles. The molecule has 0 radical (unpaired) electrons. The molecular weight excluding hydrogens is 697 g/mol. The van der Waals surface area contributed by atoms with Gasteiger partial charge in [0, 0.05) is 0 Å². The van der Waals surface area contributed by atoms with Crippen molar-refractivity contribution in [1.82, 2.24) is 0 Å². The molecule has 0 aromatic heterocycles. The van der Waals surface area contributed by atoms with Crippen molar-refractivity contribution in [2.24, 2.45) is 5.92 Å². The fourth-order valence-electron chi connectivity index (χ4n) is 9.21. The van der Waals surface area contributed by atoms with Gasteiger partial charge in [0.15, 0.2) is 0 Å². The predicted molar refractivity (Wildman–Crippen MR) is 252 cm³/mol. The van der Waals surface area contributed by atoms with Crippen LogP contribution >= 0.6 is 0 Å². The van der Waals surface area contributed by atoms with Gasteiger partial charge in [-0.3, -0.25) is 0 Å². The normalized spacial score (nSPS) is 16.8. The summed E-state index contributed by atoms with van der Waals surface area (Å²) in [7, 11) is 0. The Bertz CT molecular complexity index is 2580. The van der Waals surface area contributed by atoms with Crippen LogP contribution in [0.4, 0.5) is 0 Å². The molecule has 0 aliphatic heterocycles. The lowest BCUT2D eigenvalue weighted by molar-refractivity contribution is 0.741. The Kier molecular flexibility index (Phi) is 12.3. The van der Waals surface area contributed by atoms with E-state index in [0.717, 1.165) is 6.42 Å². The second-order valence-corrected chi connectivity index (χ2v) is 15.5. The van der Waals surface area contributed by atoms with Crippen LogP contribution in [0.3, 0.4) is 0 Å². The molecule has 2 atom stereocenters. The molecule has 1 spiro atoms. The quantitative estimate of drug-likeness (QED) is 0.169. The monoisotopic (exact) mass is 752 g/mol. The number of hydrogen-bond acceptors (Lipinski definition) is 0. The van der Waals surface area contributed by atoms with E-state index in [9.17, 15) is 0 Å². The molecule has 0 nitrogen and oxygen atoms in total. The molecule has 0 bridgehead atoms. The third-order valence-corrected chi connectivity index (χ3v) is 11.8. The van der Waals surface area contributed by atoms with Crippen LogP contribution in [0.2, 0.25) is 0 Å². The second-order valence-electron chi connectivity index (χ2n) is 15.5. The Morgan fingerprint density at radius 3 is 1.53 bits per heavy atom.